The SMILES string of the molecule is CCOCCN1C(=O)C(C2CCCCC2)NC(=O)C1CC. The molecule has 1 saturated carbocycles. The second kappa shape index (κ2) is 7.78. The Morgan fingerprint density at radius 3 is 2.52 bits per heavy atom. The number of carbonyl (C=O) groups excluding carboxylic acids is 2. The van der Waals surface area contributed by atoms with Crippen LogP contribution in [0, 0.1) is 5.92 Å². The van der Waals surface area contributed by atoms with Gasteiger partial charge in [-0.05, 0) is 32.1 Å². The van der Waals surface area contributed by atoms with Crippen molar-refractivity contribution in [2.45, 2.75) is 64.5 Å². The van der Waals surface area contributed by atoms with Crippen molar-refractivity contribution in [3.8, 4) is 0 Å². The van der Waals surface area contributed by atoms with Crippen LogP contribution >= 0.6 is 0 Å². The third kappa shape index (κ3) is 3.76. The molecule has 5 heteroatoms. The third-order valence-electron chi connectivity index (χ3n) is 4.71. The van der Waals surface area contributed by atoms with Crippen molar-refractivity contribution in [3.05, 3.63) is 0 Å². The van der Waals surface area contributed by atoms with E-state index in [0.717, 1.165) is 12.8 Å². The number of piperazine rings is 1. The maximum absolute atomic E-state index is 12.8. The second-order valence-corrected chi connectivity index (χ2v) is 6.04. The van der Waals surface area contributed by atoms with Gasteiger partial charge < -0.3 is 15.0 Å². The fourth-order valence-electron chi connectivity index (χ4n) is 3.55. The zero-order chi connectivity index (χ0) is 15.2. The Labute approximate surface area is 127 Å². The number of ether oxygens (including phenoxy) is 1. The van der Waals surface area contributed by atoms with Gasteiger partial charge in [-0.15, -0.1) is 0 Å². The van der Waals surface area contributed by atoms with Crippen LogP contribution in [0.25, 0.3) is 0 Å². The summed E-state index contributed by atoms with van der Waals surface area (Å²) in [6, 6.07) is -0.653. The van der Waals surface area contributed by atoms with Gasteiger partial charge in [0.25, 0.3) is 0 Å². The molecule has 2 unspecified atom stereocenters. The van der Waals surface area contributed by atoms with Crippen molar-refractivity contribution in [2.24, 2.45) is 5.92 Å². The Hall–Kier alpha value is -1.10. The van der Waals surface area contributed by atoms with E-state index in [1.807, 2.05) is 13.8 Å². The van der Waals surface area contributed by atoms with Crippen LogP contribution in [0.5, 0.6) is 0 Å². The highest BCUT2D eigenvalue weighted by atomic mass is 16.5. The molecule has 0 aromatic heterocycles. The van der Waals surface area contributed by atoms with Gasteiger partial charge in [0.1, 0.15) is 12.1 Å². The van der Waals surface area contributed by atoms with Gasteiger partial charge in [-0.2, -0.15) is 0 Å². The van der Waals surface area contributed by atoms with Crippen LogP contribution in [0.15, 0.2) is 0 Å². The molecule has 120 valence electrons. The molecule has 2 aliphatic rings. The van der Waals surface area contributed by atoms with Crippen molar-refractivity contribution in [1.82, 2.24) is 10.2 Å². The van der Waals surface area contributed by atoms with E-state index in [1.54, 1.807) is 4.90 Å². The van der Waals surface area contributed by atoms with Gasteiger partial charge in [-0.3, -0.25) is 9.59 Å². The topological polar surface area (TPSA) is 58.6 Å². The summed E-state index contributed by atoms with van der Waals surface area (Å²) in [6.07, 6.45) is 6.33. The monoisotopic (exact) mass is 296 g/mol. The zero-order valence-electron chi connectivity index (χ0n) is 13.3. The van der Waals surface area contributed by atoms with Gasteiger partial charge in [0.2, 0.25) is 11.8 Å². The largest absolute Gasteiger partial charge is 0.380 e. The van der Waals surface area contributed by atoms with Crippen LogP contribution in [-0.4, -0.2) is 48.6 Å². The summed E-state index contributed by atoms with van der Waals surface area (Å²) in [5.74, 6) is 0.403. The molecule has 1 N–H and O–H groups in total. The normalized spacial score (nSPS) is 27.8. The minimum absolute atomic E-state index is 0.00386. The van der Waals surface area contributed by atoms with Gasteiger partial charge in [0.05, 0.1) is 6.61 Å². The fourth-order valence-corrected chi connectivity index (χ4v) is 3.55. The Morgan fingerprint density at radius 2 is 1.90 bits per heavy atom. The summed E-state index contributed by atoms with van der Waals surface area (Å²) in [6.45, 7) is 5.54. The third-order valence-corrected chi connectivity index (χ3v) is 4.71. The van der Waals surface area contributed by atoms with Crippen LogP contribution < -0.4 is 5.32 Å². The number of hydrogen-bond donors (Lipinski definition) is 1. The van der Waals surface area contributed by atoms with Gasteiger partial charge in [-0.1, -0.05) is 26.2 Å². The molecule has 2 fully saturated rings. The fraction of sp³-hybridized carbons (Fsp3) is 0.875. The van der Waals surface area contributed by atoms with Gasteiger partial charge in [-0.25, -0.2) is 0 Å². The molecule has 1 aliphatic carbocycles. The van der Waals surface area contributed by atoms with E-state index < -0.39 is 0 Å². The molecule has 0 spiro atoms. The number of carbonyl (C=O) groups is 2. The predicted octanol–water partition coefficient (Wildman–Crippen LogP) is 1.71. The average Bonchev–Trinajstić information content (AvgIpc) is 2.51. The molecule has 1 heterocycles. The standard InChI is InChI=1S/C16H28N2O3/c1-3-13-15(19)17-14(12-8-6-5-7-9-12)16(20)18(13)10-11-21-4-2/h12-14H,3-11H2,1-2H3,(H,17,19). The number of hydrogen-bond acceptors (Lipinski definition) is 3. The van der Waals surface area contributed by atoms with E-state index in [0.29, 0.717) is 32.1 Å². The lowest BCUT2D eigenvalue weighted by atomic mass is 9.82. The van der Waals surface area contributed by atoms with Gasteiger partial charge >= 0.3 is 0 Å². The van der Waals surface area contributed by atoms with Gasteiger partial charge in [0.15, 0.2) is 0 Å². The van der Waals surface area contributed by atoms with Crippen LogP contribution in [0.3, 0.4) is 0 Å². The number of amides is 2. The Morgan fingerprint density at radius 1 is 1.19 bits per heavy atom. The van der Waals surface area contributed by atoms with Crippen molar-refractivity contribution in [2.75, 3.05) is 19.8 Å². The van der Waals surface area contributed by atoms with Crippen molar-refractivity contribution >= 4 is 11.8 Å². The zero-order valence-corrected chi connectivity index (χ0v) is 13.3. The Kier molecular flexibility index (Phi) is 6.03. The highest BCUT2D eigenvalue weighted by Crippen LogP contribution is 2.29. The second-order valence-electron chi connectivity index (χ2n) is 6.04. The summed E-state index contributed by atoms with van der Waals surface area (Å²) in [5.41, 5.74) is 0. The minimum atomic E-state index is -0.335. The van der Waals surface area contributed by atoms with Crippen LogP contribution in [0.4, 0.5) is 0 Å². The molecule has 1 aliphatic heterocycles. The molecule has 5 nitrogen and oxygen atoms in total. The average molecular weight is 296 g/mol. The van der Waals surface area contributed by atoms with E-state index in [4.69, 9.17) is 4.74 Å². The Bertz CT molecular complexity index is 367. The smallest absolute Gasteiger partial charge is 0.246 e. The molecule has 0 radical (unpaired) electrons. The van der Waals surface area contributed by atoms with Crippen LogP contribution in [-0.2, 0) is 14.3 Å². The van der Waals surface area contributed by atoms with Crippen LogP contribution in [0.2, 0.25) is 0 Å². The van der Waals surface area contributed by atoms with Crippen molar-refractivity contribution in [1.29, 1.82) is 0 Å². The summed E-state index contributed by atoms with van der Waals surface area (Å²) in [5, 5.41) is 2.99. The van der Waals surface area contributed by atoms with E-state index >= 15 is 0 Å². The molecule has 0 aromatic rings. The number of nitrogens with one attached hydrogen (secondary N) is 1. The van der Waals surface area contributed by atoms with E-state index in [2.05, 4.69) is 5.32 Å². The van der Waals surface area contributed by atoms with Crippen molar-refractivity contribution < 1.29 is 14.3 Å². The summed E-state index contributed by atoms with van der Waals surface area (Å²) < 4.78 is 5.37. The van der Waals surface area contributed by atoms with E-state index in [1.165, 1.54) is 19.3 Å². The molecule has 2 atom stereocenters. The first-order chi connectivity index (χ1) is 10.2. The lowest BCUT2D eigenvalue weighted by Crippen LogP contribution is -2.65. The lowest BCUT2D eigenvalue weighted by Gasteiger charge is -2.42. The molecule has 1 saturated heterocycles. The Balaban J connectivity index is 2.06. The maximum atomic E-state index is 12.8. The summed E-state index contributed by atoms with van der Waals surface area (Å²) in [7, 11) is 0. The number of nitrogens with zero attached hydrogens (tertiary/aromatic N) is 1. The first kappa shape index (κ1) is 16.3. The highest BCUT2D eigenvalue weighted by Gasteiger charge is 2.42. The summed E-state index contributed by atoms with van der Waals surface area (Å²) in [4.78, 5) is 26.9. The van der Waals surface area contributed by atoms with Gasteiger partial charge in [0, 0.05) is 13.2 Å². The minimum Gasteiger partial charge on any atom is -0.380 e. The first-order valence-corrected chi connectivity index (χ1v) is 8.37. The quantitative estimate of drug-likeness (QED) is 0.759. The molecule has 2 rings (SSSR count). The van der Waals surface area contributed by atoms with Crippen LogP contribution in [0.1, 0.15) is 52.4 Å². The molecule has 2 amide bonds. The lowest BCUT2D eigenvalue weighted by molar-refractivity contribution is -0.152. The number of rotatable bonds is 6. The highest BCUT2D eigenvalue weighted by molar-refractivity contribution is 5.97. The maximum Gasteiger partial charge on any atom is 0.246 e. The molecule has 0 aromatic carbocycles. The molecular weight excluding hydrogens is 268 g/mol. The summed E-state index contributed by atoms with van der Waals surface area (Å²) >= 11 is 0. The van der Waals surface area contributed by atoms with E-state index in [9.17, 15) is 9.59 Å². The molecular formula is C16H28N2O3. The van der Waals surface area contributed by atoms with E-state index in [-0.39, 0.29) is 23.9 Å². The predicted molar refractivity (Wildman–Crippen MR) is 80.8 cm³/mol. The van der Waals surface area contributed by atoms with Crippen molar-refractivity contribution in [3.63, 3.8) is 0 Å². The first-order valence-electron chi connectivity index (χ1n) is 8.37. The molecule has 21 heavy (non-hydrogen) atoms. The molecule has 0 bridgehead atoms.